The van der Waals surface area contributed by atoms with Crippen LogP contribution in [0, 0.1) is 5.92 Å². The average molecular weight is 411 g/mol. The van der Waals surface area contributed by atoms with Gasteiger partial charge in [-0.15, -0.1) is 0 Å². The third-order valence-corrected chi connectivity index (χ3v) is 6.54. The van der Waals surface area contributed by atoms with Crippen LogP contribution >= 0.6 is 0 Å². The van der Waals surface area contributed by atoms with Gasteiger partial charge in [-0.3, -0.25) is 0 Å². The normalized spacial score (nSPS) is 12.5. The number of para-hydroxylation sites is 1. The summed E-state index contributed by atoms with van der Waals surface area (Å²) in [6, 6.07) is 8.88. The summed E-state index contributed by atoms with van der Waals surface area (Å²) in [7, 11) is 0. The monoisotopic (exact) mass is 410 g/mol. The van der Waals surface area contributed by atoms with Crippen LogP contribution < -0.4 is 0 Å². The van der Waals surface area contributed by atoms with Gasteiger partial charge in [0.1, 0.15) is 0 Å². The highest BCUT2D eigenvalue weighted by Crippen LogP contribution is 2.34. The molecule has 0 spiro atoms. The van der Waals surface area contributed by atoms with Crippen LogP contribution in [0.2, 0.25) is 0 Å². The van der Waals surface area contributed by atoms with E-state index >= 15 is 0 Å². The number of rotatable bonds is 17. The van der Waals surface area contributed by atoms with Gasteiger partial charge in [-0.2, -0.15) is 0 Å². The minimum atomic E-state index is 0.622. The van der Waals surface area contributed by atoms with Gasteiger partial charge in [0, 0.05) is 18.1 Å². The number of unbranched alkanes of at least 4 members (excludes halogenated alkanes) is 12. The first kappa shape index (κ1) is 24.7. The molecule has 0 aliphatic heterocycles. The average Bonchev–Trinajstić information content (AvgIpc) is 3.29. The molecule has 2 nitrogen and oxygen atoms in total. The zero-order valence-corrected chi connectivity index (χ0v) is 20.0. The van der Waals surface area contributed by atoms with E-state index in [0.717, 1.165) is 0 Å². The first-order valence-electron chi connectivity index (χ1n) is 12.8. The second kappa shape index (κ2) is 15.3. The summed E-state index contributed by atoms with van der Waals surface area (Å²) in [5.41, 5.74) is 2.77. The Morgan fingerprint density at radius 3 is 1.87 bits per heavy atom. The fraction of sp³-hybridized carbons (Fsp3) is 0.679. The number of benzene rings is 1. The first-order valence-corrected chi connectivity index (χ1v) is 12.8. The molecule has 1 aromatic carbocycles. The molecule has 0 aliphatic rings. The molecule has 2 rings (SSSR count). The van der Waals surface area contributed by atoms with Gasteiger partial charge in [-0.05, 0) is 29.9 Å². The van der Waals surface area contributed by atoms with Gasteiger partial charge in [-0.25, -0.2) is 4.98 Å². The molecule has 1 atom stereocenters. The predicted octanol–water partition coefficient (Wildman–Crippen LogP) is 9.09. The molecule has 0 aliphatic carbocycles. The van der Waals surface area contributed by atoms with E-state index in [0.29, 0.717) is 11.8 Å². The smallest absolute Gasteiger partial charge is 0.0991 e. The van der Waals surface area contributed by atoms with Crippen LogP contribution in [0.5, 0.6) is 0 Å². The molecule has 0 N–H and O–H groups in total. The van der Waals surface area contributed by atoms with E-state index in [1.165, 1.54) is 101 Å². The Hall–Kier alpha value is -1.57. The van der Waals surface area contributed by atoms with Gasteiger partial charge >= 0.3 is 0 Å². The molecular weight excluding hydrogens is 364 g/mol. The summed E-state index contributed by atoms with van der Waals surface area (Å²) >= 11 is 0. The van der Waals surface area contributed by atoms with Crippen molar-refractivity contribution in [1.29, 1.82) is 0 Å². The van der Waals surface area contributed by atoms with E-state index in [1.54, 1.807) is 0 Å². The van der Waals surface area contributed by atoms with E-state index in [2.05, 4.69) is 60.8 Å². The van der Waals surface area contributed by atoms with Crippen LogP contribution in [0.3, 0.4) is 0 Å². The second-order valence-corrected chi connectivity index (χ2v) is 9.41. The molecule has 0 saturated carbocycles. The molecule has 0 unspecified atom stereocenters. The summed E-state index contributed by atoms with van der Waals surface area (Å²) < 4.78 is 2.16. The number of hydrogen-bond donors (Lipinski definition) is 0. The van der Waals surface area contributed by atoms with Crippen LogP contribution in [0.1, 0.15) is 122 Å². The zero-order valence-electron chi connectivity index (χ0n) is 20.0. The van der Waals surface area contributed by atoms with Crippen molar-refractivity contribution >= 4 is 0 Å². The molecule has 30 heavy (non-hydrogen) atoms. The molecule has 1 aromatic heterocycles. The molecule has 0 saturated heterocycles. The SMILES string of the molecule is CCCCCCCCCCCCCCC[C@H](c1ccccc1-n1ccnc1)C(C)C. The van der Waals surface area contributed by atoms with Crippen molar-refractivity contribution in [2.75, 3.05) is 0 Å². The Morgan fingerprint density at radius 2 is 1.33 bits per heavy atom. The Bertz CT molecular complexity index is 644. The lowest BCUT2D eigenvalue weighted by atomic mass is 9.83. The van der Waals surface area contributed by atoms with Crippen molar-refractivity contribution in [3.05, 3.63) is 48.5 Å². The number of imidazole rings is 1. The van der Waals surface area contributed by atoms with Crippen molar-refractivity contribution in [2.24, 2.45) is 5.92 Å². The Kier molecular flexibility index (Phi) is 12.6. The predicted molar refractivity (Wildman–Crippen MR) is 131 cm³/mol. The zero-order chi connectivity index (χ0) is 21.4. The lowest BCUT2D eigenvalue weighted by Crippen LogP contribution is -2.10. The lowest BCUT2D eigenvalue weighted by molar-refractivity contribution is 0.439. The van der Waals surface area contributed by atoms with Crippen LogP contribution in [0.4, 0.5) is 0 Å². The molecule has 2 heteroatoms. The van der Waals surface area contributed by atoms with Gasteiger partial charge in [-0.1, -0.05) is 122 Å². The fourth-order valence-electron chi connectivity index (χ4n) is 4.67. The minimum Gasteiger partial charge on any atom is -0.306 e. The van der Waals surface area contributed by atoms with Crippen molar-refractivity contribution in [3.8, 4) is 5.69 Å². The van der Waals surface area contributed by atoms with Gasteiger partial charge in [0.2, 0.25) is 0 Å². The topological polar surface area (TPSA) is 17.8 Å². The molecule has 0 amide bonds. The van der Waals surface area contributed by atoms with Gasteiger partial charge in [0.25, 0.3) is 0 Å². The molecular formula is C28H46N2. The fourth-order valence-corrected chi connectivity index (χ4v) is 4.67. The standard InChI is InChI=1S/C28H46N2/c1-4-5-6-7-8-9-10-11-12-13-14-15-16-19-26(25(2)3)27-20-17-18-21-28(27)30-23-22-29-24-30/h17-18,20-26H,4-16,19H2,1-3H3/t26-/m0/s1. The van der Waals surface area contributed by atoms with Crippen LogP contribution in [-0.2, 0) is 0 Å². The van der Waals surface area contributed by atoms with Gasteiger partial charge < -0.3 is 4.57 Å². The maximum atomic E-state index is 4.25. The summed E-state index contributed by atoms with van der Waals surface area (Å²) in [4.78, 5) is 4.25. The Balaban J connectivity index is 1.63. The Morgan fingerprint density at radius 1 is 0.767 bits per heavy atom. The number of hydrogen-bond acceptors (Lipinski definition) is 1. The highest BCUT2D eigenvalue weighted by atomic mass is 15.0. The summed E-state index contributed by atoms with van der Waals surface area (Å²) in [5, 5.41) is 0. The van der Waals surface area contributed by atoms with E-state index in [9.17, 15) is 0 Å². The third kappa shape index (κ3) is 9.06. The third-order valence-electron chi connectivity index (χ3n) is 6.54. The van der Waals surface area contributed by atoms with Crippen molar-refractivity contribution < 1.29 is 0 Å². The molecule has 2 aromatic rings. The second-order valence-electron chi connectivity index (χ2n) is 9.41. The van der Waals surface area contributed by atoms with Crippen LogP contribution in [-0.4, -0.2) is 9.55 Å². The maximum absolute atomic E-state index is 4.25. The lowest BCUT2D eigenvalue weighted by Gasteiger charge is -2.24. The summed E-state index contributed by atoms with van der Waals surface area (Å²) in [6.45, 7) is 7.04. The number of nitrogens with zero attached hydrogens (tertiary/aromatic N) is 2. The maximum Gasteiger partial charge on any atom is 0.0991 e. The first-order chi connectivity index (χ1) is 14.7. The van der Waals surface area contributed by atoms with Crippen molar-refractivity contribution in [3.63, 3.8) is 0 Å². The van der Waals surface area contributed by atoms with Gasteiger partial charge in [0.05, 0.1) is 6.33 Å². The van der Waals surface area contributed by atoms with E-state index in [1.807, 2.05) is 12.5 Å². The molecule has 0 fully saturated rings. The quantitative estimate of drug-likeness (QED) is 0.238. The summed E-state index contributed by atoms with van der Waals surface area (Å²) in [6.07, 6.45) is 25.6. The van der Waals surface area contributed by atoms with Crippen LogP contribution in [0.25, 0.3) is 5.69 Å². The van der Waals surface area contributed by atoms with Crippen LogP contribution in [0.15, 0.2) is 43.0 Å². The molecule has 1 heterocycles. The molecule has 168 valence electrons. The minimum absolute atomic E-state index is 0.622. The van der Waals surface area contributed by atoms with Gasteiger partial charge in [0.15, 0.2) is 0 Å². The highest BCUT2D eigenvalue weighted by Gasteiger charge is 2.19. The largest absolute Gasteiger partial charge is 0.306 e. The van der Waals surface area contributed by atoms with Crippen molar-refractivity contribution in [1.82, 2.24) is 9.55 Å². The Labute approximate surface area is 186 Å². The summed E-state index contributed by atoms with van der Waals surface area (Å²) in [5.74, 6) is 1.28. The van der Waals surface area contributed by atoms with E-state index < -0.39 is 0 Å². The number of aromatic nitrogens is 2. The molecule has 0 radical (unpaired) electrons. The highest BCUT2D eigenvalue weighted by molar-refractivity contribution is 5.43. The van der Waals surface area contributed by atoms with E-state index in [-0.39, 0.29) is 0 Å². The van der Waals surface area contributed by atoms with E-state index in [4.69, 9.17) is 0 Å². The molecule has 0 bridgehead atoms. The van der Waals surface area contributed by atoms with Crippen molar-refractivity contribution in [2.45, 2.75) is 117 Å².